The SMILES string of the molecule is Cn1cccc1C(=O)NS(=O)(=O)c1cccc2cccnc12. The van der Waals surface area contributed by atoms with E-state index in [9.17, 15) is 13.2 Å². The van der Waals surface area contributed by atoms with Gasteiger partial charge >= 0.3 is 0 Å². The topological polar surface area (TPSA) is 81.1 Å². The number of sulfonamides is 1. The number of carbonyl (C=O) groups is 1. The maximum Gasteiger partial charge on any atom is 0.281 e. The van der Waals surface area contributed by atoms with Crippen molar-refractivity contribution >= 4 is 26.8 Å². The molecule has 0 atom stereocenters. The van der Waals surface area contributed by atoms with Gasteiger partial charge in [0.1, 0.15) is 10.6 Å². The van der Waals surface area contributed by atoms with Crippen LogP contribution in [-0.4, -0.2) is 23.9 Å². The number of aromatic nitrogens is 2. The summed E-state index contributed by atoms with van der Waals surface area (Å²) in [6.07, 6.45) is 3.18. The summed E-state index contributed by atoms with van der Waals surface area (Å²) in [5, 5.41) is 0.691. The van der Waals surface area contributed by atoms with Crippen LogP contribution in [0.15, 0.2) is 59.8 Å². The van der Waals surface area contributed by atoms with Gasteiger partial charge in [0.15, 0.2) is 0 Å². The number of amides is 1. The Hall–Kier alpha value is -2.67. The molecule has 22 heavy (non-hydrogen) atoms. The largest absolute Gasteiger partial charge is 0.347 e. The highest BCUT2D eigenvalue weighted by Crippen LogP contribution is 2.20. The molecule has 0 saturated carbocycles. The second kappa shape index (κ2) is 5.27. The second-order valence-corrected chi connectivity index (χ2v) is 6.42. The van der Waals surface area contributed by atoms with Crippen LogP contribution in [0.4, 0.5) is 0 Å². The molecule has 6 nitrogen and oxygen atoms in total. The van der Waals surface area contributed by atoms with E-state index < -0.39 is 15.9 Å². The van der Waals surface area contributed by atoms with Gasteiger partial charge in [0.2, 0.25) is 0 Å². The second-order valence-electron chi connectivity index (χ2n) is 4.77. The molecule has 0 fully saturated rings. The highest BCUT2D eigenvalue weighted by Gasteiger charge is 2.22. The number of carbonyl (C=O) groups excluding carboxylic acids is 1. The van der Waals surface area contributed by atoms with Crippen molar-refractivity contribution in [2.75, 3.05) is 0 Å². The molecule has 1 amide bonds. The lowest BCUT2D eigenvalue weighted by molar-refractivity contribution is 0.0973. The van der Waals surface area contributed by atoms with Gasteiger partial charge in [-0.25, -0.2) is 13.1 Å². The molecule has 1 aromatic carbocycles. The highest BCUT2D eigenvalue weighted by molar-refractivity contribution is 7.90. The molecule has 2 heterocycles. The lowest BCUT2D eigenvalue weighted by Crippen LogP contribution is -2.32. The van der Waals surface area contributed by atoms with Crippen molar-refractivity contribution in [2.24, 2.45) is 7.05 Å². The fraction of sp³-hybridized carbons (Fsp3) is 0.0667. The van der Waals surface area contributed by atoms with Crippen LogP contribution in [0.2, 0.25) is 0 Å². The van der Waals surface area contributed by atoms with Crippen LogP contribution < -0.4 is 4.72 Å². The van der Waals surface area contributed by atoms with Crippen molar-refractivity contribution in [1.82, 2.24) is 14.3 Å². The van der Waals surface area contributed by atoms with Gasteiger partial charge < -0.3 is 4.57 Å². The van der Waals surface area contributed by atoms with Crippen molar-refractivity contribution in [3.05, 3.63) is 60.6 Å². The molecular formula is C15H13N3O3S. The van der Waals surface area contributed by atoms with E-state index in [1.54, 1.807) is 54.2 Å². The van der Waals surface area contributed by atoms with E-state index in [-0.39, 0.29) is 10.6 Å². The molecule has 0 spiro atoms. The molecule has 3 rings (SSSR count). The van der Waals surface area contributed by atoms with Crippen molar-refractivity contribution in [1.29, 1.82) is 0 Å². The van der Waals surface area contributed by atoms with Crippen molar-refractivity contribution < 1.29 is 13.2 Å². The summed E-state index contributed by atoms with van der Waals surface area (Å²) in [6.45, 7) is 0. The molecular weight excluding hydrogens is 302 g/mol. The van der Waals surface area contributed by atoms with E-state index in [2.05, 4.69) is 9.71 Å². The average Bonchev–Trinajstić information content (AvgIpc) is 2.92. The van der Waals surface area contributed by atoms with Crippen molar-refractivity contribution in [3.63, 3.8) is 0 Å². The Labute approximate surface area is 127 Å². The number of rotatable bonds is 3. The van der Waals surface area contributed by atoms with Gasteiger partial charge in [-0.15, -0.1) is 0 Å². The molecule has 112 valence electrons. The molecule has 7 heteroatoms. The molecule has 0 aliphatic heterocycles. The number of hydrogen-bond donors (Lipinski definition) is 1. The monoisotopic (exact) mass is 315 g/mol. The lowest BCUT2D eigenvalue weighted by atomic mass is 10.2. The normalized spacial score (nSPS) is 11.5. The molecule has 0 radical (unpaired) electrons. The summed E-state index contributed by atoms with van der Waals surface area (Å²) in [5.41, 5.74) is 0.592. The quantitative estimate of drug-likeness (QED) is 0.797. The summed E-state index contributed by atoms with van der Waals surface area (Å²) in [4.78, 5) is 16.2. The third-order valence-electron chi connectivity index (χ3n) is 3.29. The minimum absolute atomic E-state index is 0.0202. The van der Waals surface area contributed by atoms with Gasteiger partial charge in [-0.3, -0.25) is 9.78 Å². The number of hydrogen-bond acceptors (Lipinski definition) is 4. The van der Waals surface area contributed by atoms with Gasteiger partial charge in [0.25, 0.3) is 15.9 Å². The van der Waals surface area contributed by atoms with Gasteiger partial charge in [0, 0.05) is 24.8 Å². The number of fused-ring (bicyclic) bond motifs is 1. The zero-order valence-corrected chi connectivity index (χ0v) is 12.5. The molecule has 2 aromatic heterocycles. The minimum Gasteiger partial charge on any atom is -0.347 e. The molecule has 0 saturated heterocycles. The van der Waals surface area contributed by atoms with E-state index in [4.69, 9.17) is 0 Å². The van der Waals surface area contributed by atoms with E-state index in [0.717, 1.165) is 0 Å². The Morgan fingerprint density at radius 2 is 1.91 bits per heavy atom. The van der Waals surface area contributed by atoms with Crippen LogP contribution in [0.1, 0.15) is 10.5 Å². The Balaban J connectivity index is 2.02. The van der Waals surface area contributed by atoms with E-state index in [1.165, 1.54) is 12.3 Å². The number of benzene rings is 1. The molecule has 0 aliphatic rings. The number of nitrogens with one attached hydrogen (secondary N) is 1. The Bertz CT molecular complexity index is 956. The Kier molecular flexibility index (Phi) is 3.42. The van der Waals surface area contributed by atoms with Crippen LogP contribution in [-0.2, 0) is 17.1 Å². The summed E-state index contributed by atoms with van der Waals surface area (Å²) in [6, 6.07) is 11.5. The predicted octanol–water partition coefficient (Wildman–Crippen LogP) is 1.69. The van der Waals surface area contributed by atoms with Gasteiger partial charge in [-0.2, -0.15) is 0 Å². The number of aryl methyl sites for hydroxylation is 1. The first-order valence-corrected chi connectivity index (χ1v) is 7.99. The van der Waals surface area contributed by atoms with Crippen molar-refractivity contribution in [3.8, 4) is 0 Å². The first-order valence-electron chi connectivity index (χ1n) is 6.51. The molecule has 0 aliphatic carbocycles. The summed E-state index contributed by atoms with van der Waals surface area (Å²) in [5.74, 6) is -0.680. The molecule has 0 bridgehead atoms. The van der Waals surface area contributed by atoms with Crippen LogP contribution in [0.5, 0.6) is 0 Å². The third kappa shape index (κ3) is 2.46. The predicted molar refractivity (Wildman–Crippen MR) is 81.8 cm³/mol. The Morgan fingerprint density at radius 1 is 1.14 bits per heavy atom. The van der Waals surface area contributed by atoms with Crippen LogP contribution in [0.25, 0.3) is 10.9 Å². The van der Waals surface area contributed by atoms with E-state index in [0.29, 0.717) is 10.9 Å². The first kappa shape index (κ1) is 14.3. The third-order valence-corrected chi connectivity index (χ3v) is 4.65. The highest BCUT2D eigenvalue weighted by atomic mass is 32.2. The zero-order valence-electron chi connectivity index (χ0n) is 11.7. The fourth-order valence-electron chi connectivity index (χ4n) is 2.22. The fourth-order valence-corrected chi connectivity index (χ4v) is 3.36. The number of para-hydroxylation sites is 1. The lowest BCUT2D eigenvalue weighted by Gasteiger charge is -2.09. The van der Waals surface area contributed by atoms with Crippen LogP contribution in [0.3, 0.4) is 0 Å². The minimum atomic E-state index is -4.00. The van der Waals surface area contributed by atoms with E-state index >= 15 is 0 Å². The first-order chi connectivity index (χ1) is 10.5. The molecule has 1 N–H and O–H groups in total. The van der Waals surface area contributed by atoms with E-state index in [1.807, 2.05) is 0 Å². The summed E-state index contributed by atoms with van der Waals surface area (Å²) < 4.78 is 28.6. The van der Waals surface area contributed by atoms with Gasteiger partial charge in [-0.1, -0.05) is 18.2 Å². The van der Waals surface area contributed by atoms with Gasteiger partial charge in [0.05, 0.1) is 5.52 Å². The smallest absolute Gasteiger partial charge is 0.281 e. The maximum absolute atomic E-state index is 12.5. The summed E-state index contributed by atoms with van der Waals surface area (Å²) >= 11 is 0. The number of nitrogens with zero attached hydrogens (tertiary/aromatic N) is 2. The van der Waals surface area contributed by atoms with Crippen molar-refractivity contribution in [2.45, 2.75) is 4.90 Å². The van der Waals surface area contributed by atoms with Crippen LogP contribution in [0, 0.1) is 0 Å². The van der Waals surface area contributed by atoms with Crippen LogP contribution >= 0.6 is 0 Å². The van der Waals surface area contributed by atoms with Gasteiger partial charge in [-0.05, 0) is 24.3 Å². The number of pyridine rings is 1. The zero-order chi connectivity index (χ0) is 15.7. The molecule has 3 aromatic rings. The summed E-state index contributed by atoms with van der Waals surface area (Å²) in [7, 11) is -2.34. The maximum atomic E-state index is 12.5. The molecule has 0 unspecified atom stereocenters. The standard InChI is InChI=1S/C15H13N3O3S/c1-18-10-4-7-12(18)15(19)17-22(20,21)13-8-2-5-11-6-3-9-16-14(11)13/h2-10H,1H3,(H,17,19). The Morgan fingerprint density at radius 3 is 2.64 bits per heavy atom. The average molecular weight is 315 g/mol.